The van der Waals surface area contributed by atoms with Gasteiger partial charge in [0, 0.05) is 25.2 Å². The molecule has 2 rings (SSSR count). The summed E-state index contributed by atoms with van der Waals surface area (Å²) in [7, 11) is 1.82. The topological polar surface area (TPSA) is 52.0 Å². The van der Waals surface area contributed by atoms with E-state index in [4.69, 9.17) is 16.3 Å². The number of nitrogens with one attached hydrogen (secondary N) is 1. The number of hydrogen-bond donors (Lipinski definition) is 1. The van der Waals surface area contributed by atoms with Crippen molar-refractivity contribution in [2.75, 3.05) is 0 Å². The van der Waals surface area contributed by atoms with Crippen molar-refractivity contribution >= 4 is 11.6 Å². The van der Waals surface area contributed by atoms with Gasteiger partial charge in [-0.25, -0.2) is 0 Å². The maximum Gasteiger partial charge on any atom is 0.138 e. The zero-order valence-corrected chi connectivity index (χ0v) is 13.6. The van der Waals surface area contributed by atoms with Crippen LogP contribution in [0.3, 0.4) is 0 Å². The van der Waals surface area contributed by atoms with Gasteiger partial charge in [-0.3, -0.25) is 9.67 Å². The number of ether oxygens (including phenoxy) is 1. The van der Waals surface area contributed by atoms with E-state index in [0.717, 1.165) is 29.2 Å². The molecule has 0 aliphatic heterocycles. The van der Waals surface area contributed by atoms with Gasteiger partial charge in [0.1, 0.15) is 17.5 Å². The van der Waals surface area contributed by atoms with Crippen LogP contribution >= 0.6 is 11.6 Å². The van der Waals surface area contributed by atoms with E-state index in [9.17, 15) is 0 Å². The van der Waals surface area contributed by atoms with Gasteiger partial charge in [-0.15, -0.1) is 0 Å². The molecule has 0 unspecified atom stereocenters. The average Bonchev–Trinajstić information content (AvgIpc) is 2.69. The van der Waals surface area contributed by atoms with Crippen LogP contribution in [-0.2, 0) is 20.2 Å². The number of rotatable bonds is 6. The number of halogens is 1. The Labute approximate surface area is 130 Å². The molecule has 0 atom stereocenters. The van der Waals surface area contributed by atoms with Crippen molar-refractivity contribution in [3.8, 4) is 5.75 Å². The summed E-state index contributed by atoms with van der Waals surface area (Å²) in [5.41, 5.74) is 2.78. The monoisotopic (exact) mass is 308 g/mol. The molecular formula is C15H21ClN4O. The predicted molar refractivity (Wildman–Crippen MR) is 83.5 cm³/mol. The molecule has 0 spiro atoms. The highest BCUT2D eigenvalue weighted by molar-refractivity contribution is 6.30. The molecule has 0 radical (unpaired) electrons. The summed E-state index contributed by atoms with van der Waals surface area (Å²) in [6.45, 7) is 7.29. The summed E-state index contributed by atoms with van der Waals surface area (Å²) in [4.78, 5) is 4.37. The van der Waals surface area contributed by atoms with Crippen molar-refractivity contribution in [1.82, 2.24) is 20.1 Å². The van der Waals surface area contributed by atoms with Gasteiger partial charge in [-0.2, -0.15) is 5.10 Å². The highest BCUT2D eigenvalue weighted by Crippen LogP contribution is 2.21. The molecule has 21 heavy (non-hydrogen) atoms. The van der Waals surface area contributed by atoms with E-state index in [1.807, 2.05) is 26.1 Å². The maximum atomic E-state index is 6.17. The summed E-state index contributed by atoms with van der Waals surface area (Å²) in [5.74, 6) is 0.725. The molecule has 2 heterocycles. The average molecular weight is 309 g/mol. The fourth-order valence-electron chi connectivity index (χ4n) is 1.90. The summed E-state index contributed by atoms with van der Waals surface area (Å²) in [6.07, 6.45) is 1.73. The lowest BCUT2D eigenvalue weighted by molar-refractivity contribution is 0.304. The maximum absolute atomic E-state index is 6.17. The highest BCUT2D eigenvalue weighted by Gasteiger charge is 2.11. The zero-order valence-electron chi connectivity index (χ0n) is 12.9. The fourth-order valence-corrected chi connectivity index (χ4v) is 2.13. The Morgan fingerprint density at radius 3 is 2.67 bits per heavy atom. The van der Waals surface area contributed by atoms with Crippen molar-refractivity contribution in [1.29, 1.82) is 0 Å². The van der Waals surface area contributed by atoms with Crippen LogP contribution < -0.4 is 10.1 Å². The third-order valence-electron chi connectivity index (χ3n) is 3.14. The number of aromatic nitrogens is 3. The Balaban J connectivity index is 1.94. The Morgan fingerprint density at radius 1 is 1.38 bits per heavy atom. The molecular weight excluding hydrogens is 288 g/mol. The molecule has 0 bridgehead atoms. The second kappa shape index (κ2) is 6.91. The van der Waals surface area contributed by atoms with Crippen molar-refractivity contribution in [2.45, 2.75) is 40.0 Å². The molecule has 114 valence electrons. The van der Waals surface area contributed by atoms with Crippen molar-refractivity contribution in [2.24, 2.45) is 7.05 Å². The number of nitrogens with zero attached hydrogens (tertiary/aromatic N) is 3. The van der Waals surface area contributed by atoms with Gasteiger partial charge in [-0.05, 0) is 19.1 Å². The lowest BCUT2D eigenvalue weighted by Crippen LogP contribution is -2.22. The van der Waals surface area contributed by atoms with E-state index in [1.165, 1.54) is 0 Å². The summed E-state index contributed by atoms with van der Waals surface area (Å²) in [6, 6.07) is 4.32. The molecule has 0 aromatic carbocycles. The van der Waals surface area contributed by atoms with Crippen LogP contribution in [0.5, 0.6) is 5.75 Å². The number of aryl methyl sites for hydroxylation is 2. The van der Waals surface area contributed by atoms with E-state index in [-0.39, 0.29) is 0 Å². The molecule has 5 nitrogen and oxygen atoms in total. The Hall–Kier alpha value is -1.59. The standard InChI is InChI=1S/C15H21ClN4O/c1-10(2)17-7-12-5-6-13(8-18-12)21-9-14-11(3)19-20(4)15(14)16/h5-6,8,10,17H,7,9H2,1-4H3. The van der Waals surface area contributed by atoms with Gasteiger partial charge in [0.05, 0.1) is 17.6 Å². The molecule has 0 saturated heterocycles. The van der Waals surface area contributed by atoms with Crippen LogP contribution in [0.4, 0.5) is 0 Å². The normalized spacial score (nSPS) is 11.1. The van der Waals surface area contributed by atoms with Gasteiger partial charge in [-0.1, -0.05) is 25.4 Å². The van der Waals surface area contributed by atoms with E-state index < -0.39 is 0 Å². The van der Waals surface area contributed by atoms with Gasteiger partial charge < -0.3 is 10.1 Å². The minimum absolute atomic E-state index is 0.393. The fraction of sp³-hybridized carbons (Fsp3) is 0.467. The van der Waals surface area contributed by atoms with E-state index in [2.05, 4.69) is 29.2 Å². The van der Waals surface area contributed by atoms with Crippen molar-refractivity contribution in [3.05, 3.63) is 40.4 Å². The number of pyridine rings is 1. The molecule has 6 heteroatoms. The van der Waals surface area contributed by atoms with Crippen LogP contribution in [0.15, 0.2) is 18.3 Å². The first-order chi connectivity index (χ1) is 9.97. The number of hydrogen-bond acceptors (Lipinski definition) is 4. The van der Waals surface area contributed by atoms with Gasteiger partial charge >= 0.3 is 0 Å². The molecule has 2 aromatic heterocycles. The van der Waals surface area contributed by atoms with Crippen LogP contribution in [-0.4, -0.2) is 20.8 Å². The van der Waals surface area contributed by atoms with Gasteiger partial charge in [0.15, 0.2) is 0 Å². The molecule has 0 aliphatic rings. The molecule has 2 aromatic rings. The second-order valence-electron chi connectivity index (χ2n) is 5.29. The van der Waals surface area contributed by atoms with Gasteiger partial charge in [0.2, 0.25) is 0 Å². The first-order valence-corrected chi connectivity index (χ1v) is 7.34. The summed E-state index contributed by atoms with van der Waals surface area (Å²) < 4.78 is 7.37. The summed E-state index contributed by atoms with van der Waals surface area (Å²) in [5, 5.41) is 8.19. The smallest absolute Gasteiger partial charge is 0.138 e. The predicted octanol–water partition coefficient (Wildman–Crippen LogP) is 2.85. The van der Waals surface area contributed by atoms with Crippen LogP contribution in [0.2, 0.25) is 5.15 Å². The largest absolute Gasteiger partial charge is 0.487 e. The Kier molecular flexibility index (Phi) is 5.20. The molecule has 0 saturated carbocycles. The van der Waals surface area contributed by atoms with Crippen LogP contribution in [0, 0.1) is 6.92 Å². The third kappa shape index (κ3) is 4.19. The SMILES string of the molecule is Cc1nn(C)c(Cl)c1COc1ccc(CNC(C)C)nc1. The van der Waals surface area contributed by atoms with Crippen LogP contribution in [0.1, 0.15) is 30.8 Å². The Bertz CT molecular complexity index is 592. The van der Waals surface area contributed by atoms with E-state index >= 15 is 0 Å². The van der Waals surface area contributed by atoms with Gasteiger partial charge in [0.25, 0.3) is 0 Å². The van der Waals surface area contributed by atoms with Crippen molar-refractivity contribution in [3.63, 3.8) is 0 Å². The first kappa shape index (κ1) is 15.8. The minimum atomic E-state index is 0.393. The first-order valence-electron chi connectivity index (χ1n) is 6.96. The summed E-state index contributed by atoms with van der Waals surface area (Å²) >= 11 is 6.17. The second-order valence-corrected chi connectivity index (χ2v) is 5.65. The Morgan fingerprint density at radius 2 is 2.14 bits per heavy atom. The van der Waals surface area contributed by atoms with Crippen LogP contribution in [0.25, 0.3) is 0 Å². The third-order valence-corrected chi connectivity index (χ3v) is 3.61. The van der Waals surface area contributed by atoms with Crippen molar-refractivity contribution < 1.29 is 4.74 Å². The lowest BCUT2D eigenvalue weighted by atomic mass is 10.3. The van der Waals surface area contributed by atoms with E-state index in [1.54, 1.807) is 10.9 Å². The molecule has 0 amide bonds. The lowest BCUT2D eigenvalue weighted by Gasteiger charge is -2.09. The minimum Gasteiger partial charge on any atom is -0.487 e. The quantitative estimate of drug-likeness (QED) is 0.891. The highest BCUT2D eigenvalue weighted by atomic mass is 35.5. The molecule has 1 N–H and O–H groups in total. The van der Waals surface area contributed by atoms with E-state index in [0.29, 0.717) is 17.8 Å². The molecule has 0 aliphatic carbocycles. The zero-order chi connectivity index (χ0) is 15.4. The molecule has 0 fully saturated rings.